The molecule has 0 saturated heterocycles. The number of amides is 2. The standard InChI is InChI=1S/C11H19N5O2/c1-4-5-7-8(12)9(16-15-7)11(18)14-6(2)10(17)13-3/h6H,4-5,12H2,1-3H3,(H,13,17)(H,14,18)(H,15,16). The molecule has 1 unspecified atom stereocenters. The molecule has 0 radical (unpaired) electrons. The van der Waals surface area contributed by atoms with E-state index in [9.17, 15) is 9.59 Å². The SMILES string of the molecule is CCCc1[nH]nc(C(=O)NC(C)C(=O)NC)c1N. The van der Waals surface area contributed by atoms with Crippen molar-refractivity contribution in [1.29, 1.82) is 0 Å². The fraction of sp³-hybridized carbons (Fsp3) is 0.545. The summed E-state index contributed by atoms with van der Waals surface area (Å²) in [7, 11) is 1.51. The van der Waals surface area contributed by atoms with Crippen molar-refractivity contribution in [2.45, 2.75) is 32.7 Å². The molecule has 1 aromatic heterocycles. The van der Waals surface area contributed by atoms with Gasteiger partial charge in [0.2, 0.25) is 5.91 Å². The topological polar surface area (TPSA) is 113 Å². The Morgan fingerprint density at radius 1 is 1.50 bits per heavy atom. The van der Waals surface area contributed by atoms with Crippen LogP contribution in [-0.2, 0) is 11.2 Å². The first-order chi connectivity index (χ1) is 8.51. The maximum absolute atomic E-state index is 11.9. The number of carbonyl (C=O) groups excluding carboxylic acids is 2. The van der Waals surface area contributed by atoms with Gasteiger partial charge < -0.3 is 16.4 Å². The summed E-state index contributed by atoms with van der Waals surface area (Å²) in [6.07, 6.45) is 1.64. The van der Waals surface area contributed by atoms with Crippen LogP contribution in [-0.4, -0.2) is 35.1 Å². The van der Waals surface area contributed by atoms with Gasteiger partial charge in [-0.3, -0.25) is 14.7 Å². The molecule has 0 aromatic carbocycles. The third kappa shape index (κ3) is 2.99. The number of aromatic nitrogens is 2. The van der Waals surface area contributed by atoms with Crippen molar-refractivity contribution in [2.24, 2.45) is 0 Å². The molecule has 100 valence electrons. The van der Waals surface area contributed by atoms with Gasteiger partial charge in [0.15, 0.2) is 5.69 Å². The molecular formula is C11H19N5O2. The van der Waals surface area contributed by atoms with Crippen LogP contribution in [0.2, 0.25) is 0 Å². The van der Waals surface area contributed by atoms with E-state index in [1.165, 1.54) is 7.05 Å². The van der Waals surface area contributed by atoms with Gasteiger partial charge in [-0.2, -0.15) is 5.10 Å². The Balaban J connectivity index is 2.76. The Hall–Kier alpha value is -2.05. The molecule has 0 saturated carbocycles. The molecule has 7 nitrogen and oxygen atoms in total. The minimum Gasteiger partial charge on any atom is -0.395 e. The number of carbonyl (C=O) groups is 2. The molecule has 0 aliphatic heterocycles. The van der Waals surface area contributed by atoms with E-state index >= 15 is 0 Å². The smallest absolute Gasteiger partial charge is 0.274 e. The van der Waals surface area contributed by atoms with E-state index in [0.717, 1.165) is 18.5 Å². The van der Waals surface area contributed by atoms with Crippen molar-refractivity contribution in [2.75, 3.05) is 12.8 Å². The highest BCUT2D eigenvalue weighted by Crippen LogP contribution is 2.15. The summed E-state index contributed by atoms with van der Waals surface area (Å²) >= 11 is 0. The summed E-state index contributed by atoms with van der Waals surface area (Å²) < 4.78 is 0. The number of hydrogen-bond donors (Lipinski definition) is 4. The van der Waals surface area contributed by atoms with Crippen molar-refractivity contribution in [3.8, 4) is 0 Å². The van der Waals surface area contributed by atoms with Gasteiger partial charge in [0.1, 0.15) is 6.04 Å². The van der Waals surface area contributed by atoms with Crippen LogP contribution < -0.4 is 16.4 Å². The predicted molar refractivity (Wildman–Crippen MR) is 68.0 cm³/mol. The molecule has 2 amide bonds. The Kier molecular flexibility index (Phi) is 4.70. The monoisotopic (exact) mass is 253 g/mol. The van der Waals surface area contributed by atoms with Crippen LogP contribution in [0.1, 0.15) is 36.5 Å². The molecule has 1 atom stereocenters. The number of nitrogen functional groups attached to an aromatic ring is 1. The Labute approximate surface area is 106 Å². The minimum atomic E-state index is -0.631. The van der Waals surface area contributed by atoms with Gasteiger partial charge >= 0.3 is 0 Å². The second-order valence-electron chi connectivity index (χ2n) is 4.02. The van der Waals surface area contributed by atoms with Crippen molar-refractivity contribution in [3.05, 3.63) is 11.4 Å². The van der Waals surface area contributed by atoms with Crippen LogP contribution >= 0.6 is 0 Å². The number of hydrogen-bond acceptors (Lipinski definition) is 4. The average molecular weight is 253 g/mol. The highest BCUT2D eigenvalue weighted by molar-refractivity contribution is 6.00. The lowest BCUT2D eigenvalue weighted by molar-refractivity contribution is -0.122. The van der Waals surface area contributed by atoms with E-state index in [0.29, 0.717) is 5.69 Å². The largest absolute Gasteiger partial charge is 0.395 e. The summed E-state index contributed by atoms with van der Waals surface area (Å²) in [5.74, 6) is -0.728. The minimum absolute atomic E-state index is 0.134. The maximum atomic E-state index is 11.9. The van der Waals surface area contributed by atoms with E-state index in [2.05, 4.69) is 20.8 Å². The van der Waals surface area contributed by atoms with E-state index in [4.69, 9.17) is 5.73 Å². The average Bonchev–Trinajstić information content (AvgIpc) is 2.70. The normalized spacial score (nSPS) is 11.9. The second-order valence-corrected chi connectivity index (χ2v) is 4.02. The Bertz CT molecular complexity index is 441. The van der Waals surface area contributed by atoms with Crippen LogP contribution in [0, 0.1) is 0 Å². The number of aromatic amines is 1. The van der Waals surface area contributed by atoms with Crippen LogP contribution in [0.3, 0.4) is 0 Å². The quantitative estimate of drug-likeness (QED) is 0.582. The molecule has 0 bridgehead atoms. The van der Waals surface area contributed by atoms with Gasteiger partial charge in [0.25, 0.3) is 5.91 Å². The Morgan fingerprint density at radius 3 is 2.72 bits per heavy atom. The predicted octanol–water partition coefficient (Wildman–Crippen LogP) is -0.191. The number of nitrogens with two attached hydrogens (primary N) is 1. The van der Waals surface area contributed by atoms with Gasteiger partial charge in [-0.1, -0.05) is 13.3 Å². The highest BCUT2D eigenvalue weighted by Gasteiger charge is 2.20. The van der Waals surface area contributed by atoms with E-state index < -0.39 is 11.9 Å². The molecule has 1 aromatic rings. The summed E-state index contributed by atoms with van der Waals surface area (Å²) in [5.41, 5.74) is 7.04. The highest BCUT2D eigenvalue weighted by atomic mass is 16.2. The van der Waals surface area contributed by atoms with Crippen molar-refractivity contribution in [3.63, 3.8) is 0 Å². The number of likely N-dealkylation sites (N-methyl/N-ethyl adjacent to an activating group) is 1. The fourth-order valence-electron chi connectivity index (χ4n) is 1.55. The molecular weight excluding hydrogens is 234 g/mol. The van der Waals surface area contributed by atoms with Crippen molar-refractivity contribution < 1.29 is 9.59 Å². The molecule has 7 heteroatoms. The summed E-state index contributed by atoms with van der Waals surface area (Å²) in [4.78, 5) is 23.1. The lowest BCUT2D eigenvalue weighted by Crippen LogP contribution is -2.43. The van der Waals surface area contributed by atoms with E-state index in [1.54, 1.807) is 6.92 Å². The molecule has 5 N–H and O–H groups in total. The molecule has 0 aliphatic carbocycles. The molecule has 1 heterocycles. The number of nitrogens with zero attached hydrogens (tertiary/aromatic N) is 1. The first-order valence-corrected chi connectivity index (χ1v) is 5.86. The molecule has 0 spiro atoms. The zero-order chi connectivity index (χ0) is 13.7. The number of nitrogens with one attached hydrogen (secondary N) is 3. The van der Waals surface area contributed by atoms with Crippen molar-refractivity contribution in [1.82, 2.24) is 20.8 Å². The molecule has 0 aliphatic rings. The molecule has 1 rings (SSSR count). The zero-order valence-corrected chi connectivity index (χ0v) is 10.8. The first kappa shape index (κ1) is 14.0. The lowest BCUT2D eigenvalue weighted by Gasteiger charge is -2.11. The molecule has 0 fully saturated rings. The zero-order valence-electron chi connectivity index (χ0n) is 10.8. The van der Waals surface area contributed by atoms with Gasteiger partial charge in [-0.05, 0) is 13.3 Å². The first-order valence-electron chi connectivity index (χ1n) is 5.86. The number of aryl methyl sites for hydroxylation is 1. The maximum Gasteiger partial charge on any atom is 0.274 e. The Morgan fingerprint density at radius 2 is 2.17 bits per heavy atom. The lowest BCUT2D eigenvalue weighted by atomic mass is 10.2. The summed E-state index contributed by atoms with van der Waals surface area (Å²) in [6.45, 7) is 3.60. The summed E-state index contributed by atoms with van der Waals surface area (Å²) in [5, 5.41) is 11.6. The summed E-state index contributed by atoms with van der Waals surface area (Å²) in [6, 6.07) is -0.631. The van der Waals surface area contributed by atoms with Crippen LogP contribution in [0.15, 0.2) is 0 Å². The van der Waals surface area contributed by atoms with Crippen LogP contribution in [0.25, 0.3) is 0 Å². The van der Waals surface area contributed by atoms with Gasteiger partial charge in [-0.25, -0.2) is 0 Å². The number of anilines is 1. The number of H-pyrrole nitrogens is 1. The number of rotatable bonds is 5. The second kappa shape index (κ2) is 6.04. The van der Waals surface area contributed by atoms with E-state index in [-0.39, 0.29) is 11.6 Å². The van der Waals surface area contributed by atoms with Gasteiger partial charge in [-0.15, -0.1) is 0 Å². The third-order valence-corrected chi connectivity index (χ3v) is 2.59. The van der Waals surface area contributed by atoms with E-state index in [1.807, 2.05) is 6.92 Å². The fourth-order valence-corrected chi connectivity index (χ4v) is 1.55. The molecule has 18 heavy (non-hydrogen) atoms. The van der Waals surface area contributed by atoms with Crippen molar-refractivity contribution >= 4 is 17.5 Å². The van der Waals surface area contributed by atoms with Gasteiger partial charge in [0.05, 0.1) is 11.4 Å². The third-order valence-electron chi connectivity index (χ3n) is 2.59. The van der Waals surface area contributed by atoms with Gasteiger partial charge in [0, 0.05) is 7.05 Å². The van der Waals surface area contributed by atoms with Crippen LogP contribution in [0.5, 0.6) is 0 Å². The van der Waals surface area contributed by atoms with Crippen LogP contribution in [0.4, 0.5) is 5.69 Å².